The zero-order chi connectivity index (χ0) is 18.2. The van der Waals surface area contributed by atoms with Gasteiger partial charge in [-0.05, 0) is 63.1 Å². The minimum absolute atomic E-state index is 0.0291. The van der Waals surface area contributed by atoms with Crippen LogP contribution in [0.1, 0.15) is 38.8 Å². The third-order valence-electron chi connectivity index (χ3n) is 4.58. The molecule has 0 saturated heterocycles. The average molecular weight is 340 g/mol. The van der Waals surface area contributed by atoms with Crippen molar-refractivity contribution in [3.63, 3.8) is 0 Å². The molecule has 25 heavy (non-hydrogen) atoms. The van der Waals surface area contributed by atoms with Crippen molar-refractivity contribution in [2.24, 2.45) is 4.99 Å². The molecule has 0 unspecified atom stereocenters. The number of likely N-dealkylation sites (N-methyl/N-ethyl adjacent to an activating group) is 1. The molecule has 0 aliphatic carbocycles. The summed E-state index contributed by atoms with van der Waals surface area (Å²) in [6.07, 6.45) is 3.87. The van der Waals surface area contributed by atoms with Gasteiger partial charge >= 0.3 is 0 Å². The lowest BCUT2D eigenvalue weighted by Gasteiger charge is -2.42. The van der Waals surface area contributed by atoms with Gasteiger partial charge in [-0.2, -0.15) is 0 Å². The first kappa shape index (κ1) is 17.3. The third-order valence-corrected chi connectivity index (χ3v) is 4.58. The van der Waals surface area contributed by atoms with Crippen LogP contribution in [-0.4, -0.2) is 18.3 Å². The highest BCUT2D eigenvalue weighted by molar-refractivity contribution is 5.88. The zero-order valence-electron chi connectivity index (χ0n) is 15.0. The van der Waals surface area contributed by atoms with Crippen molar-refractivity contribution in [2.45, 2.75) is 33.2 Å². The van der Waals surface area contributed by atoms with Gasteiger partial charge in [0.15, 0.2) is 5.82 Å². The molecule has 2 aromatic carbocycles. The lowest BCUT2D eigenvalue weighted by molar-refractivity contribution is 0.566. The Morgan fingerprint density at radius 3 is 2.56 bits per heavy atom. The van der Waals surface area contributed by atoms with E-state index in [0.717, 1.165) is 23.7 Å². The van der Waals surface area contributed by atoms with Crippen LogP contribution in [0.15, 0.2) is 47.5 Å². The Labute approximate surface area is 147 Å². The smallest absolute Gasteiger partial charge is 0.151 e. The van der Waals surface area contributed by atoms with E-state index in [9.17, 15) is 8.78 Å². The van der Waals surface area contributed by atoms with E-state index in [1.807, 2.05) is 6.07 Å². The Balaban J connectivity index is 1.96. The van der Waals surface area contributed by atoms with E-state index < -0.39 is 11.6 Å². The normalized spacial score (nSPS) is 16.1. The predicted octanol–water partition coefficient (Wildman–Crippen LogP) is 5.74. The summed E-state index contributed by atoms with van der Waals surface area (Å²) in [4.78, 5) is 6.52. The van der Waals surface area contributed by atoms with Crippen LogP contribution in [0, 0.1) is 11.6 Å². The molecule has 0 fully saturated rings. The highest BCUT2D eigenvalue weighted by Crippen LogP contribution is 2.38. The summed E-state index contributed by atoms with van der Waals surface area (Å²) in [6.45, 7) is 9.57. The zero-order valence-corrected chi connectivity index (χ0v) is 15.0. The van der Waals surface area contributed by atoms with Crippen molar-refractivity contribution >= 4 is 23.2 Å². The predicted molar refractivity (Wildman–Crippen MR) is 101 cm³/mol. The van der Waals surface area contributed by atoms with E-state index in [4.69, 9.17) is 0 Å². The second kappa shape index (κ2) is 6.43. The molecule has 0 N–H and O–H groups in total. The first-order valence-corrected chi connectivity index (χ1v) is 8.42. The van der Waals surface area contributed by atoms with Crippen LogP contribution in [0.4, 0.5) is 20.2 Å². The van der Waals surface area contributed by atoms with Crippen molar-refractivity contribution < 1.29 is 8.78 Å². The Morgan fingerprint density at radius 2 is 1.88 bits per heavy atom. The fraction of sp³-hybridized carbons (Fsp3) is 0.286. The number of fused-ring (bicyclic) bond motifs is 1. The summed E-state index contributed by atoms with van der Waals surface area (Å²) in [5.74, 6) is -1.27. The Bertz CT molecular complexity index is 866. The first-order chi connectivity index (χ1) is 11.8. The van der Waals surface area contributed by atoms with E-state index in [1.165, 1.54) is 23.4 Å². The van der Waals surface area contributed by atoms with Gasteiger partial charge in [0.1, 0.15) is 5.82 Å². The number of allylic oxidation sites excluding steroid dienone is 1. The number of hydrogen-bond acceptors (Lipinski definition) is 2. The van der Waals surface area contributed by atoms with Gasteiger partial charge in [-0.25, -0.2) is 8.78 Å². The topological polar surface area (TPSA) is 15.6 Å². The second-order valence-corrected chi connectivity index (χ2v) is 6.86. The molecule has 130 valence electrons. The van der Waals surface area contributed by atoms with Crippen LogP contribution in [-0.2, 0) is 0 Å². The molecule has 1 aliphatic heterocycles. The highest BCUT2D eigenvalue weighted by Gasteiger charge is 2.29. The van der Waals surface area contributed by atoms with Gasteiger partial charge in [0.25, 0.3) is 0 Å². The minimum atomic E-state index is -0.663. The van der Waals surface area contributed by atoms with Crippen LogP contribution in [0.3, 0.4) is 0 Å². The summed E-state index contributed by atoms with van der Waals surface area (Å²) in [7, 11) is 0. The van der Waals surface area contributed by atoms with Gasteiger partial charge in [0, 0.05) is 30.1 Å². The van der Waals surface area contributed by atoms with Crippen LogP contribution in [0.2, 0.25) is 0 Å². The average Bonchev–Trinajstić information content (AvgIpc) is 2.54. The SMILES string of the molecule is CCN1c2ccc(C=Nc3ccc(F)cc3F)cc2C(C)=CC1(C)C. The van der Waals surface area contributed by atoms with Crippen molar-refractivity contribution in [2.75, 3.05) is 11.4 Å². The van der Waals surface area contributed by atoms with Crippen molar-refractivity contribution in [3.8, 4) is 0 Å². The van der Waals surface area contributed by atoms with Crippen LogP contribution in [0.5, 0.6) is 0 Å². The van der Waals surface area contributed by atoms with Gasteiger partial charge in [-0.1, -0.05) is 12.1 Å². The van der Waals surface area contributed by atoms with E-state index in [1.54, 1.807) is 6.21 Å². The quantitative estimate of drug-likeness (QED) is 0.651. The molecule has 1 aliphatic rings. The van der Waals surface area contributed by atoms with Crippen molar-refractivity contribution in [3.05, 3.63) is 65.2 Å². The largest absolute Gasteiger partial charge is 0.363 e. The number of nitrogens with zero attached hydrogens (tertiary/aromatic N) is 2. The van der Waals surface area contributed by atoms with E-state index in [-0.39, 0.29) is 11.2 Å². The fourth-order valence-electron chi connectivity index (χ4n) is 3.49. The first-order valence-electron chi connectivity index (χ1n) is 8.42. The molecule has 0 radical (unpaired) electrons. The van der Waals surface area contributed by atoms with E-state index in [2.05, 4.69) is 55.8 Å². The van der Waals surface area contributed by atoms with Gasteiger partial charge < -0.3 is 4.90 Å². The summed E-state index contributed by atoms with van der Waals surface area (Å²) < 4.78 is 26.7. The number of aliphatic imine (C=N–C) groups is 1. The monoisotopic (exact) mass is 340 g/mol. The van der Waals surface area contributed by atoms with Crippen molar-refractivity contribution in [1.82, 2.24) is 0 Å². The number of anilines is 1. The molecule has 4 heteroatoms. The van der Waals surface area contributed by atoms with E-state index >= 15 is 0 Å². The molecular weight excluding hydrogens is 318 g/mol. The maximum absolute atomic E-state index is 13.7. The summed E-state index contributed by atoms with van der Waals surface area (Å²) in [5.41, 5.74) is 4.54. The number of benzene rings is 2. The molecule has 1 heterocycles. The van der Waals surface area contributed by atoms with Crippen LogP contribution >= 0.6 is 0 Å². The molecule has 0 aromatic heterocycles. The molecule has 2 nitrogen and oxygen atoms in total. The summed E-state index contributed by atoms with van der Waals surface area (Å²) in [5, 5.41) is 0. The summed E-state index contributed by atoms with van der Waals surface area (Å²) in [6, 6.07) is 9.50. The lowest BCUT2D eigenvalue weighted by atomic mass is 9.88. The summed E-state index contributed by atoms with van der Waals surface area (Å²) >= 11 is 0. The Kier molecular flexibility index (Phi) is 4.46. The van der Waals surface area contributed by atoms with Crippen LogP contribution in [0.25, 0.3) is 5.57 Å². The molecule has 2 aromatic rings. The molecule has 0 spiro atoms. The third kappa shape index (κ3) is 3.34. The molecular formula is C21H22F2N2. The van der Waals surface area contributed by atoms with Crippen molar-refractivity contribution in [1.29, 1.82) is 0 Å². The molecule has 0 atom stereocenters. The van der Waals surface area contributed by atoms with Gasteiger partial charge in [0.05, 0.1) is 11.2 Å². The number of halogens is 2. The molecule has 0 saturated carbocycles. The highest BCUT2D eigenvalue weighted by atomic mass is 19.1. The minimum Gasteiger partial charge on any atom is -0.363 e. The number of hydrogen-bond donors (Lipinski definition) is 0. The second-order valence-electron chi connectivity index (χ2n) is 6.86. The fourth-order valence-corrected chi connectivity index (χ4v) is 3.49. The van der Waals surface area contributed by atoms with E-state index in [0.29, 0.717) is 0 Å². The number of rotatable bonds is 3. The molecule has 0 bridgehead atoms. The Hall–Kier alpha value is -2.49. The van der Waals surface area contributed by atoms with Gasteiger partial charge in [0.2, 0.25) is 0 Å². The van der Waals surface area contributed by atoms with Gasteiger partial charge in [-0.15, -0.1) is 0 Å². The maximum Gasteiger partial charge on any atom is 0.151 e. The standard InChI is InChI=1S/C21H22F2N2/c1-5-25-20-9-6-15(10-17(20)14(2)12-21(25,3)4)13-24-19-8-7-16(22)11-18(19)23/h6-13H,5H2,1-4H3. The maximum atomic E-state index is 13.7. The molecule has 0 amide bonds. The Morgan fingerprint density at radius 1 is 1.12 bits per heavy atom. The molecule has 3 rings (SSSR count). The lowest BCUT2D eigenvalue weighted by Crippen LogP contribution is -2.44. The van der Waals surface area contributed by atoms with Gasteiger partial charge in [-0.3, -0.25) is 4.99 Å². The van der Waals surface area contributed by atoms with Crippen LogP contribution < -0.4 is 4.90 Å².